The van der Waals surface area contributed by atoms with E-state index in [4.69, 9.17) is 0 Å². The fraction of sp³-hybridized carbons (Fsp3) is 0. The van der Waals surface area contributed by atoms with Crippen LogP contribution in [0, 0.1) is 0 Å². The molecular formula is C72H44N2S2. The van der Waals surface area contributed by atoms with Crippen LogP contribution >= 0.6 is 22.7 Å². The maximum atomic E-state index is 2.48. The molecule has 0 saturated carbocycles. The van der Waals surface area contributed by atoms with E-state index in [0.717, 1.165) is 11.4 Å². The predicted octanol–water partition coefficient (Wildman–Crippen LogP) is 21.0. The largest absolute Gasteiger partial charge is 0.309 e. The quantitative estimate of drug-likeness (QED) is 0.151. The molecule has 0 aliphatic heterocycles. The summed E-state index contributed by atoms with van der Waals surface area (Å²) in [5, 5.41) is 10.2. The number of aromatic nitrogens is 2. The Morgan fingerprint density at radius 2 is 0.553 bits per heavy atom. The molecule has 354 valence electrons. The number of para-hydroxylation sites is 4. The molecular weight excluding hydrogens is 957 g/mol. The van der Waals surface area contributed by atoms with Gasteiger partial charge in [-0.25, -0.2) is 0 Å². The van der Waals surface area contributed by atoms with Gasteiger partial charge >= 0.3 is 0 Å². The summed E-state index contributed by atoms with van der Waals surface area (Å²) in [4.78, 5) is 0. The fourth-order valence-corrected chi connectivity index (χ4v) is 14.4. The van der Waals surface area contributed by atoms with Crippen molar-refractivity contribution in [2.75, 3.05) is 0 Å². The molecule has 12 aromatic carbocycles. The Labute approximate surface area is 446 Å². The molecule has 0 spiro atoms. The van der Waals surface area contributed by atoms with Crippen molar-refractivity contribution in [3.05, 3.63) is 267 Å². The lowest BCUT2D eigenvalue weighted by atomic mass is 9.94. The molecule has 16 rings (SSSR count). The number of hydrogen-bond donors (Lipinski definition) is 0. The molecule has 0 saturated heterocycles. The van der Waals surface area contributed by atoms with Crippen molar-refractivity contribution in [2.45, 2.75) is 0 Å². The Morgan fingerprint density at radius 3 is 1.03 bits per heavy atom. The molecule has 76 heavy (non-hydrogen) atoms. The third kappa shape index (κ3) is 6.78. The topological polar surface area (TPSA) is 9.86 Å². The Kier molecular flexibility index (Phi) is 9.71. The average molecular weight is 1000 g/mol. The molecule has 4 heteroatoms. The molecule has 0 bridgehead atoms. The molecule has 0 radical (unpaired) electrons. The smallest absolute Gasteiger partial charge is 0.0619 e. The standard InChI is InChI=1S/C72H44N2S2/c1-5-31-65-57(23-1)61-29-13-27-55(71(61)73(65)53-21-11-17-47(41-53)49-35-37-69-63(43-49)59-25-3-7-33-67(59)75-69)51-19-9-15-45(39-51)46-16-10-20-52(40-46)56-28-14-30-62-58-24-2-6-32-66(58)74(72(56)62)54-22-12-18-48(42-54)50-36-38-70-64(44-50)60-26-4-8-34-68(60)76-70/h1-44H. The van der Waals surface area contributed by atoms with E-state index in [0.29, 0.717) is 0 Å². The normalized spacial score (nSPS) is 11.9. The summed E-state index contributed by atoms with van der Waals surface area (Å²) in [5.74, 6) is 0. The van der Waals surface area contributed by atoms with Crippen molar-refractivity contribution in [1.29, 1.82) is 0 Å². The maximum absolute atomic E-state index is 2.48. The van der Waals surface area contributed by atoms with Gasteiger partial charge < -0.3 is 9.13 Å². The summed E-state index contributed by atoms with van der Waals surface area (Å²) in [6, 6.07) is 99.1. The molecule has 16 aromatic rings. The molecule has 0 aliphatic rings. The predicted molar refractivity (Wildman–Crippen MR) is 328 cm³/mol. The highest BCUT2D eigenvalue weighted by Gasteiger charge is 2.20. The van der Waals surface area contributed by atoms with Gasteiger partial charge in [0.1, 0.15) is 0 Å². The van der Waals surface area contributed by atoms with Gasteiger partial charge in [0, 0.05) is 84.4 Å². The summed E-state index contributed by atoms with van der Waals surface area (Å²) >= 11 is 3.73. The first-order chi connectivity index (χ1) is 37.7. The molecule has 0 unspecified atom stereocenters. The molecule has 0 fully saturated rings. The third-order valence-electron chi connectivity index (χ3n) is 15.7. The third-order valence-corrected chi connectivity index (χ3v) is 18.0. The van der Waals surface area contributed by atoms with E-state index in [1.165, 1.54) is 140 Å². The van der Waals surface area contributed by atoms with Gasteiger partial charge in [-0.1, -0.05) is 182 Å². The molecule has 0 aliphatic carbocycles. The summed E-state index contributed by atoms with van der Waals surface area (Å²) < 4.78 is 10.2. The summed E-state index contributed by atoms with van der Waals surface area (Å²) in [5.41, 5.74) is 19.0. The highest BCUT2D eigenvalue weighted by atomic mass is 32.1. The van der Waals surface area contributed by atoms with Crippen LogP contribution in [0.2, 0.25) is 0 Å². The highest BCUT2D eigenvalue weighted by molar-refractivity contribution is 7.26. The van der Waals surface area contributed by atoms with E-state index in [9.17, 15) is 0 Å². The second-order valence-corrected chi connectivity index (χ2v) is 22.2. The van der Waals surface area contributed by atoms with Crippen LogP contribution in [-0.4, -0.2) is 9.13 Å². The molecule has 4 aromatic heterocycles. The Balaban J connectivity index is 0.807. The monoisotopic (exact) mass is 1000 g/mol. The minimum atomic E-state index is 1.14. The molecule has 4 heterocycles. The second kappa shape index (κ2) is 17.1. The Bertz CT molecular complexity index is 4700. The van der Waals surface area contributed by atoms with Gasteiger partial charge in [-0.05, 0) is 129 Å². The number of benzene rings is 12. The van der Waals surface area contributed by atoms with Crippen LogP contribution in [-0.2, 0) is 0 Å². The van der Waals surface area contributed by atoms with Crippen molar-refractivity contribution < 1.29 is 0 Å². The zero-order valence-electron chi connectivity index (χ0n) is 41.1. The van der Waals surface area contributed by atoms with Gasteiger partial charge in [0.2, 0.25) is 0 Å². The van der Waals surface area contributed by atoms with Crippen molar-refractivity contribution >= 4 is 107 Å². The zero-order valence-corrected chi connectivity index (χ0v) is 42.7. The van der Waals surface area contributed by atoms with Crippen LogP contribution in [0.3, 0.4) is 0 Å². The lowest BCUT2D eigenvalue weighted by Crippen LogP contribution is -1.96. The number of hydrogen-bond acceptors (Lipinski definition) is 2. The van der Waals surface area contributed by atoms with Crippen molar-refractivity contribution in [3.63, 3.8) is 0 Å². The first-order valence-electron chi connectivity index (χ1n) is 26.0. The van der Waals surface area contributed by atoms with E-state index in [1.807, 2.05) is 22.7 Å². The Hall–Kier alpha value is -9.32. The van der Waals surface area contributed by atoms with Crippen LogP contribution in [0.1, 0.15) is 0 Å². The van der Waals surface area contributed by atoms with Crippen LogP contribution in [0.15, 0.2) is 267 Å². The molecule has 0 N–H and O–H groups in total. The van der Waals surface area contributed by atoms with Gasteiger partial charge in [-0.15, -0.1) is 22.7 Å². The van der Waals surface area contributed by atoms with Crippen LogP contribution in [0.25, 0.3) is 151 Å². The van der Waals surface area contributed by atoms with E-state index in [1.54, 1.807) is 0 Å². The van der Waals surface area contributed by atoms with Crippen molar-refractivity contribution in [2.24, 2.45) is 0 Å². The highest BCUT2D eigenvalue weighted by Crippen LogP contribution is 2.44. The summed E-state index contributed by atoms with van der Waals surface area (Å²) in [7, 11) is 0. The average Bonchev–Trinajstić information content (AvgIpc) is 4.29. The number of thiophene rings is 2. The van der Waals surface area contributed by atoms with E-state index >= 15 is 0 Å². The van der Waals surface area contributed by atoms with Crippen LogP contribution in [0.5, 0.6) is 0 Å². The maximum Gasteiger partial charge on any atom is 0.0619 e. The Morgan fingerprint density at radius 1 is 0.211 bits per heavy atom. The lowest BCUT2D eigenvalue weighted by molar-refractivity contribution is 1.18. The van der Waals surface area contributed by atoms with E-state index in [2.05, 4.69) is 276 Å². The van der Waals surface area contributed by atoms with Gasteiger partial charge in [0.05, 0.1) is 22.1 Å². The molecule has 0 amide bonds. The van der Waals surface area contributed by atoms with Crippen LogP contribution in [0.4, 0.5) is 0 Å². The SMILES string of the molecule is c1cc(-c2cccc(-c3cccc4c5ccccc5n(-c5cccc(-c6ccc7sc8ccccc8c7c6)c5)c34)c2)cc(-c2cccc3c4ccccc4n(-c4cccc(-c5ccc6sc7ccccc7c6c5)c4)c23)c1. The van der Waals surface area contributed by atoms with E-state index < -0.39 is 0 Å². The first-order valence-corrected chi connectivity index (χ1v) is 27.6. The van der Waals surface area contributed by atoms with Crippen molar-refractivity contribution in [1.82, 2.24) is 9.13 Å². The minimum absolute atomic E-state index is 1.14. The van der Waals surface area contributed by atoms with Crippen LogP contribution < -0.4 is 0 Å². The van der Waals surface area contributed by atoms with Crippen molar-refractivity contribution in [3.8, 4) is 67.0 Å². The number of nitrogens with zero attached hydrogens (tertiary/aromatic N) is 2. The fourth-order valence-electron chi connectivity index (χ4n) is 12.2. The molecule has 2 nitrogen and oxygen atoms in total. The van der Waals surface area contributed by atoms with Gasteiger partial charge in [-0.2, -0.15) is 0 Å². The lowest BCUT2D eigenvalue weighted by Gasteiger charge is -2.15. The second-order valence-electron chi connectivity index (χ2n) is 20.0. The number of fused-ring (bicyclic) bond motifs is 12. The minimum Gasteiger partial charge on any atom is -0.309 e. The van der Waals surface area contributed by atoms with Gasteiger partial charge in [-0.3, -0.25) is 0 Å². The summed E-state index contributed by atoms with van der Waals surface area (Å²) in [6.07, 6.45) is 0. The summed E-state index contributed by atoms with van der Waals surface area (Å²) in [6.45, 7) is 0. The van der Waals surface area contributed by atoms with Gasteiger partial charge in [0.15, 0.2) is 0 Å². The zero-order chi connectivity index (χ0) is 49.8. The number of rotatable bonds is 7. The first kappa shape index (κ1) is 43.1. The molecule has 0 atom stereocenters. The van der Waals surface area contributed by atoms with Gasteiger partial charge in [0.25, 0.3) is 0 Å². The van der Waals surface area contributed by atoms with E-state index in [-0.39, 0.29) is 0 Å².